The zero-order valence-electron chi connectivity index (χ0n) is 10.0. The zero-order chi connectivity index (χ0) is 13.1. The van der Waals surface area contributed by atoms with Crippen molar-refractivity contribution >= 4 is 17.2 Å². The highest BCUT2D eigenvalue weighted by Crippen LogP contribution is 2.16. The summed E-state index contributed by atoms with van der Waals surface area (Å²) in [5, 5.41) is 0. The Bertz CT molecular complexity index is 445. The fourth-order valence-electron chi connectivity index (χ4n) is 1.43. The lowest BCUT2D eigenvalue weighted by Gasteiger charge is -2.30. The van der Waals surface area contributed by atoms with Gasteiger partial charge < -0.3 is 9.29 Å². The Morgan fingerprint density at radius 1 is 1.41 bits per heavy atom. The van der Waals surface area contributed by atoms with Gasteiger partial charge in [0.15, 0.2) is 0 Å². The molecule has 1 unspecified atom stereocenters. The molecule has 0 aliphatic rings. The maximum absolute atomic E-state index is 11.5. The van der Waals surface area contributed by atoms with E-state index in [-0.39, 0.29) is 10.4 Å². The summed E-state index contributed by atoms with van der Waals surface area (Å²) in [5.74, 6) is -0.461. The third-order valence-corrected chi connectivity index (χ3v) is 3.31. The van der Waals surface area contributed by atoms with E-state index < -0.39 is 17.2 Å². The number of rotatable bonds is 4. The Labute approximate surface area is 103 Å². The minimum absolute atomic E-state index is 0.210. The molecule has 0 fully saturated rings. The Balaban J connectivity index is 3.07. The highest BCUT2D eigenvalue weighted by atomic mass is 32.2. The fourth-order valence-corrected chi connectivity index (χ4v) is 1.67. The van der Waals surface area contributed by atoms with Crippen molar-refractivity contribution < 1.29 is 22.2 Å². The molecule has 6 heteroatoms. The van der Waals surface area contributed by atoms with Gasteiger partial charge in [-0.2, -0.15) is 0 Å². The van der Waals surface area contributed by atoms with Crippen molar-refractivity contribution in [3.8, 4) is 0 Å². The largest absolute Gasteiger partial charge is 0.724 e. The van der Waals surface area contributed by atoms with Gasteiger partial charge in [0.2, 0.25) is 0 Å². The zero-order valence-corrected chi connectivity index (χ0v) is 10.8. The van der Waals surface area contributed by atoms with E-state index in [4.69, 9.17) is 0 Å². The van der Waals surface area contributed by atoms with Gasteiger partial charge in [0.25, 0.3) is 0 Å². The molecule has 0 aromatic heterocycles. The van der Waals surface area contributed by atoms with Crippen LogP contribution in [0.2, 0.25) is 0 Å². The molecule has 0 spiro atoms. The summed E-state index contributed by atoms with van der Waals surface area (Å²) in [7, 11) is 4.40. The molecule has 0 heterocycles. The van der Waals surface area contributed by atoms with Gasteiger partial charge in [-0.3, -0.25) is 3.89 Å². The highest BCUT2D eigenvalue weighted by Gasteiger charge is 2.21. The van der Waals surface area contributed by atoms with Crippen LogP contribution in [-0.4, -0.2) is 39.8 Å². The van der Waals surface area contributed by atoms with E-state index in [1.165, 1.54) is 7.11 Å². The van der Waals surface area contributed by atoms with Crippen molar-refractivity contribution in [2.45, 2.75) is 6.54 Å². The standard InChI is InChI=1S/C11H15NO4S/c1-12(2,17(14)15)8-9-6-4-5-7-10(9)11(13)16-3/h4-7H,8H2,1-3H3. The first-order chi connectivity index (χ1) is 7.88. The average Bonchev–Trinajstić information content (AvgIpc) is 2.28. The number of esters is 1. The molecule has 0 radical (unpaired) electrons. The van der Waals surface area contributed by atoms with Gasteiger partial charge in [-0.15, -0.1) is 0 Å². The summed E-state index contributed by atoms with van der Waals surface area (Å²) >= 11 is -2.26. The molecule has 0 N–H and O–H groups in total. The second-order valence-electron chi connectivity index (χ2n) is 4.10. The molecule has 1 rings (SSSR count). The molecule has 5 nitrogen and oxygen atoms in total. The molecule has 1 aromatic carbocycles. The van der Waals surface area contributed by atoms with Crippen molar-refractivity contribution in [3.05, 3.63) is 35.4 Å². The number of methoxy groups -OCH3 is 1. The molecule has 17 heavy (non-hydrogen) atoms. The van der Waals surface area contributed by atoms with E-state index in [2.05, 4.69) is 4.74 Å². The Kier molecular flexibility index (Phi) is 4.39. The monoisotopic (exact) mass is 257 g/mol. The second kappa shape index (κ2) is 5.39. The molecule has 0 amide bonds. The predicted molar refractivity (Wildman–Crippen MR) is 62.5 cm³/mol. The van der Waals surface area contributed by atoms with Gasteiger partial charge in [0.05, 0.1) is 26.8 Å². The van der Waals surface area contributed by atoms with Gasteiger partial charge in [0.1, 0.15) is 17.8 Å². The number of quaternary nitrogens is 1. The van der Waals surface area contributed by atoms with E-state index in [0.717, 1.165) is 0 Å². The third kappa shape index (κ3) is 3.36. The van der Waals surface area contributed by atoms with Crippen LogP contribution in [0.3, 0.4) is 0 Å². The Morgan fingerprint density at radius 3 is 2.53 bits per heavy atom. The van der Waals surface area contributed by atoms with Crippen LogP contribution >= 0.6 is 0 Å². The quantitative estimate of drug-likeness (QED) is 0.455. The summed E-state index contributed by atoms with van der Waals surface area (Å²) < 4.78 is 26.5. The molecule has 94 valence electrons. The van der Waals surface area contributed by atoms with Gasteiger partial charge in [-0.05, 0) is 6.07 Å². The van der Waals surface area contributed by atoms with Gasteiger partial charge in [-0.1, -0.05) is 18.2 Å². The normalized spacial score (nSPS) is 13.2. The predicted octanol–water partition coefficient (Wildman–Crippen LogP) is 0.844. The number of carbonyl (C=O) groups excluding carboxylic acids is 1. The molecule has 1 atom stereocenters. The smallest absolute Gasteiger partial charge is 0.338 e. The first-order valence-corrected chi connectivity index (χ1v) is 6.01. The summed E-state index contributed by atoms with van der Waals surface area (Å²) in [4.78, 5) is 11.5. The molecule has 0 bridgehead atoms. The number of hydrogen-bond donors (Lipinski definition) is 0. The minimum Gasteiger partial charge on any atom is -0.724 e. The lowest BCUT2D eigenvalue weighted by molar-refractivity contribution is -0.777. The van der Waals surface area contributed by atoms with Crippen LogP contribution in [0.1, 0.15) is 15.9 Å². The number of ether oxygens (including phenoxy) is 1. The van der Waals surface area contributed by atoms with Crippen molar-refractivity contribution in [1.82, 2.24) is 0 Å². The van der Waals surface area contributed by atoms with Gasteiger partial charge >= 0.3 is 5.97 Å². The minimum atomic E-state index is -2.26. The van der Waals surface area contributed by atoms with Crippen molar-refractivity contribution in [1.29, 1.82) is 0 Å². The number of carbonyl (C=O) groups is 1. The fraction of sp³-hybridized carbons (Fsp3) is 0.364. The lowest BCUT2D eigenvalue weighted by Crippen LogP contribution is -2.40. The summed E-state index contributed by atoms with van der Waals surface area (Å²) in [6, 6.07) is 6.81. The number of nitrogens with zero attached hydrogens (tertiary/aromatic N) is 1. The van der Waals surface area contributed by atoms with Crippen LogP contribution < -0.4 is 0 Å². The van der Waals surface area contributed by atoms with E-state index >= 15 is 0 Å². The topological polar surface area (TPSA) is 66.4 Å². The van der Waals surface area contributed by atoms with Gasteiger partial charge in [0, 0.05) is 5.56 Å². The SMILES string of the molecule is COC(=O)c1ccccc1C[N+](C)(C)S(=O)[O-]. The third-order valence-electron chi connectivity index (χ3n) is 2.38. The highest BCUT2D eigenvalue weighted by molar-refractivity contribution is 7.73. The maximum Gasteiger partial charge on any atom is 0.338 e. The number of hydrogen-bond acceptors (Lipinski definition) is 4. The van der Waals surface area contributed by atoms with Gasteiger partial charge in [-0.25, -0.2) is 9.00 Å². The van der Waals surface area contributed by atoms with Crippen molar-refractivity contribution in [2.24, 2.45) is 0 Å². The van der Waals surface area contributed by atoms with Crippen molar-refractivity contribution in [2.75, 3.05) is 21.2 Å². The maximum atomic E-state index is 11.5. The van der Waals surface area contributed by atoms with Crippen LogP contribution in [0.25, 0.3) is 0 Å². The molecule has 0 saturated carbocycles. The summed E-state index contributed by atoms with van der Waals surface area (Å²) in [6.07, 6.45) is 0. The molecule has 0 aliphatic carbocycles. The van der Waals surface area contributed by atoms with Crippen LogP contribution in [0.15, 0.2) is 24.3 Å². The number of benzene rings is 1. The molecule has 1 aromatic rings. The molecular formula is C11H15NO4S. The van der Waals surface area contributed by atoms with E-state index in [1.807, 2.05) is 0 Å². The molecule has 0 aliphatic heterocycles. The molecule has 0 saturated heterocycles. The molecular weight excluding hydrogens is 242 g/mol. The van der Waals surface area contributed by atoms with E-state index in [1.54, 1.807) is 38.4 Å². The van der Waals surface area contributed by atoms with Crippen LogP contribution in [0.5, 0.6) is 0 Å². The van der Waals surface area contributed by atoms with E-state index in [0.29, 0.717) is 11.1 Å². The lowest BCUT2D eigenvalue weighted by atomic mass is 10.1. The van der Waals surface area contributed by atoms with E-state index in [9.17, 15) is 13.6 Å². The van der Waals surface area contributed by atoms with Crippen molar-refractivity contribution in [3.63, 3.8) is 0 Å². The summed E-state index contributed by atoms with van der Waals surface area (Å²) in [6.45, 7) is 0.210. The average molecular weight is 257 g/mol. The van der Waals surface area contributed by atoms with Crippen LogP contribution in [0.4, 0.5) is 0 Å². The van der Waals surface area contributed by atoms with Crippen LogP contribution in [-0.2, 0) is 22.5 Å². The first-order valence-electron chi connectivity index (χ1n) is 4.97. The first kappa shape index (κ1) is 13.8. The second-order valence-corrected chi connectivity index (χ2v) is 5.52. The Morgan fingerprint density at radius 2 is 2.00 bits per heavy atom. The summed E-state index contributed by atoms with van der Waals surface area (Å²) in [5.41, 5.74) is 1.04. The van der Waals surface area contributed by atoms with Crippen LogP contribution in [0, 0.1) is 0 Å². The Hall–Kier alpha value is -1.24.